The Balaban J connectivity index is 1.68. The van der Waals surface area contributed by atoms with E-state index in [4.69, 9.17) is 11.6 Å². The molecule has 1 unspecified atom stereocenters. The standard InChI is InChI=1S/C24H19ClF3N3O/c25-18-4-5-22-20(11-18)21(14-30-22)19(16-2-1-3-17(10-16)24(26,27)28)12-23(32)31-13-15-6-8-29-9-7-15/h1-11,14,19,30H,12-13H2,(H,31,32). The predicted molar refractivity (Wildman–Crippen MR) is 117 cm³/mol. The van der Waals surface area contributed by atoms with E-state index in [1.165, 1.54) is 6.07 Å². The lowest BCUT2D eigenvalue weighted by molar-refractivity contribution is -0.137. The van der Waals surface area contributed by atoms with Gasteiger partial charge in [-0.25, -0.2) is 0 Å². The second-order valence-electron chi connectivity index (χ2n) is 7.45. The van der Waals surface area contributed by atoms with Crippen LogP contribution in [0.25, 0.3) is 10.9 Å². The van der Waals surface area contributed by atoms with Gasteiger partial charge in [0.1, 0.15) is 0 Å². The second-order valence-corrected chi connectivity index (χ2v) is 7.88. The lowest BCUT2D eigenvalue weighted by Gasteiger charge is -2.19. The number of hydrogen-bond donors (Lipinski definition) is 2. The molecule has 0 bridgehead atoms. The minimum Gasteiger partial charge on any atom is -0.361 e. The number of pyridine rings is 1. The van der Waals surface area contributed by atoms with Gasteiger partial charge in [0.2, 0.25) is 5.91 Å². The largest absolute Gasteiger partial charge is 0.416 e. The summed E-state index contributed by atoms with van der Waals surface area (Å²) in [6.45, 7) is 0.302. The van der Waals surface area contributed by atoms with Crippen LogP contribution in [0.4, 0.5) is 13.2 Å². The fraction of sp³-hybridized carbons (Fsp3) is 0.167. The van der Waals surface area contributed by atoms with Crippen molar-refractivity contribution in [3.63, 3.8) is 0 Å². The summed E-state index contributed by atoms with van der Waals surface area (Å²) in [7, 11) is 0. The number of hydrogen-bond acceptors (Lipinski definition) is 2. The topological polar surface area (TPSA) is 57.8 Å². The molecule has 4 aromatic rings. The highest BCUT2D eigenvalue weighted by atomic mass is 35.5. The number of aromatic amines is 1. The van der Waals surface area contributed by atoms with Crippen molar-refractivity contribution < 1.29 is 18.0 Å². The third kappa shape index (κ3) is 4.94. The molecule has 0 aliphatic rings. The number of benzene rings is 2. The Morgan fingerprint density at radius 2 is 1.88 bits per heavy atom. The highest BCUT2D eigenvalue weighted by Crippen LogP contribution is 2.37. The number of rotatable bonds is 6. The Morgan fingerprint density at radius 3 is 2.62 bits per heavy atom. The number of nitrogens with zero attached hydrogens (tertiary/aromatic N) is 1. The maximum atomic E-state index is 13.3. The average Bonchev–Trinajstić information content (AvgIpc) is 3.19. The zero-order valence-electron chi connectivity index (χ0n) is 16.8. The normalized spacial score (nSPS) is 12.6. The second kappa shape index (κ2) is 9.04. The Morgan fingerprint density at radius 1 is 1.09 bits per heavy atom. The lowest BCUT2D eigenvalue weighted by atomic mass is 9.87. The van der Waals surface area contributed by atoms with Crippen LogP contribution >= 0.6 is 11.6 Å². The van der Waals surface area contributed by atoms with Crippen LogP contribution in [0.15, 0.2) is 73.2 Å². The van der Waals surface area contributed by atoms with Gasteiger partial charge in [-0.2, -0.15) is 13.2 Å². The molecule has 0 aliphatic carbocycles. The third-order valence-corrected chi connectivity index (χ3v) is 5.53. The van der Waals surface area contributed by atoms with Gasteiger partial charge in [-0.3, -0.25) is 9.78 Å². The number of aromatic nitrogens is 2. The van der Waals surface area contributed by atoms with Gasteiger partial charge in [-0.05, 0) is 53.1 Å². The minimum absolute atomic E-state index is 0.0220. The molecule has 1 atom stereocenters. The molecule has 2 aromatic carbocycles. The summed E-state index contributed by atoms with van der Waals surface area (Å²) in [4.78, 5) is 19.9. The Hall–Kier alpha value is -3.32. The van der Waals surface area contributed by atoms with Crippen molar-refractivity contribution in [2.45, 2.75) is 25.1 Å². The fourth-order valence-electron chi connectivity index (χ4n) is 3.70. The first-order valence-electron chi connectivity index (χ1n) is 9.90. The first-order valence-corrected chi connectivity index (χ1v) is 10.3. The summed E-state index contributed by atoms with van der Waals surface area (Å²) >= 11 is 6.16. The molecule has 0 radical (unpaired) electrons. The molecule has 2 N–H and O–H groups in total. The van der Waals surface area contributed by atoms with Gasteiger partial charge in [-0.1, -0.05) is 29.8 Å². The smallest absolute Gasteiger partial charge is 0.361 e. The molecule has 32 heavy (non-hydrogen) atoms. The molecule has 2 heterocycles. The number of H-pyrrole nitrogens is 1. The molecule has 4 nitrogen and oxygen atoms in total. The van der Waals surface area contributed by atoms with E-state index in [1.54, 1.807) is 55.0 Å². The summed E-state index contributed by atoms with van der Waals surface area (Å²) < 4.78 is 40.0. The van der Waals surface area contributed by atoms with Crippen LogP contribution in [0.3, 0.4) is 0 Å². The van der Waals surface area contributed by atoms with Crippen molar-refractivity contribution in [2.75, 3.05) is 0 Å². The molecule has 0 aliphatic heterocycles. The van der Waals surface area contributed by atoms with Crippen molar-refractivity contribution in [2.24, 2.45) is 0 Å². The molecular weight excluding hydrogens is 439 g/mol. The van der Waals surface area contributed by atoms with E-state index in [0.29, 0.717) is 22.7 Å². The van der Waals surface area contributed by atoms with E-state index in [1.807, 2.05) is 0 Å². The van der Waals surface area contributed by atoms with E-state index >= 15 is 0 Å². The van der Waals surface area contributed by atoms with Crippen LogP contribution < -0.4 is 5.32 Å². The third-order valence-electron chi connectivity index (χ3n) is 5.30. The van der Waals surface area contributed by atoms with Gasteiger partial charge < -0.3 is 10.3 Å². The van der Waals surface area contributed by atoms with Crippen LogP contribution in [-0.2, 0) is 17.5 Å². The summed E-state index contributed by atoms with van der Waals surface area (Å²) in [6.07, 6.45) is 0.479. The number of alkyl halides is 3. The number of halogens is 4. The van der Waals surface area contributed by atoms with Crippen LogP contribution in [0, 0.1) is 0 Å². The first kappa shape index (κ1) is 21.9. The zero-order chi connectivity index (χ0) is 22.7. The van der Waals surface area contributed by atoms with Crippen molar-refractivity contribution in [1.82, 2.24) is 15.3 Å². The van der Waals surface area contributed by atoms with Crippen LogP contribution in [0.5, 0.6) is 0 Å². The van der Waals surface area contributed by atoms with E-state index in [2.05, 4.69) is 15.3 Å². The summed E-state index contributed by atoms with van der Waals surface area (Å²) in [5.41, 5.74) is 2.03. The maximum absolute atomic E-state index is 13.3. The monoisotopic (exact) mass is 457 g/mol. The van der Waals surface area contributed by atoms with Crippen LogP contribution in [-0.4, -0.2) is 15.9 Å². The SMILES string of the molecule is O=C(CC(c1cccc(C(F)(F)F)c1)c1c[nH]c2ccc(Cl)cc12)NCc1ccncc1. The molecule has 2 aromatic heterocycles. The minimum atomic E-state index is -4.48. The highest BCUT2D eigenvalue weighted by Gasteiger charge is 2.31. The Kier molecular flexibility index (Phi) is 6.19. The lowest BCUT2D eigenvalue weighted by Crippen LogP contribution is -2.25. The van der Waals surface area contributed by atoms with Crippen molar-refractivity contribution >= 4 is 28.4 Å². The molecule has 0 fully saturated rings. The van der Waals surface area contributed by atoms with E-state index in [0.717, 1.165) is 28.6 Å². The molecule has 0 spiro atoms. The van der Waals surface area contributed by atoms with Gasteiger partial charge in [0.05, 0.1) is 5.56 Å². The number of nitrogens with one attached hydrogen (secondary N) is 2. The molecule has 1 amide bonds. The average molecular weight is 458 g/mol. The maximum Gasteiger partial charge on any atom is 0.416 e. The van der Waals surface area contributed by atoms with Crippen LogP contribution in [0.1, 0.15) is 34.6 Å². The number of amides is 1. The highest BCUT2D eigenvalue weighted by molar-refractivity contribution is 6.31. The first-order chi connectivity index (χ1) is 15.3. The van der Waals surface area contributed by atoms with Gasteiger partial charge in [0, 0.05) is 53.4 Å². The Bertz CT molecular complexity index is 1240. The number of carbonyl (C=O) groups excluding carboxylic acids is 1. The fourth-order valence-corrected chi connectivity index (χ4v) is 3.87. The number of carbonyl (C=O) groups is 1. The molecule has 0 saturated heterocycles. The van der Waals surface area contributed by atoms with Crippen molar-refractivity contribution in [1.29, 1.82) is 0 Å². The van der Waals surface area contributed by atoms with Crippen molar-refractivity contribution in [3.05, 3.63) is 100 Å². The van der Waals surface area contributed by atoms with Crippen LogP contribution in [0.2, 0.25) is 5.02 Å². The molecular formula is C24H19ClF3N3O. The van der Waals surface area contributed by atoms with E-state index < -0.39 is 17.7 Å². The summed E-state index contributed by atoms with van der Waals surface area (Å²) in [5, 5.41) is 4.11. The number of fused-ring (bicyclic) bond motifs is 1. The molecule has 0 saturated carbocycles. The van der Waals surface area contributed by atoms with E-state index in [9.17, 15) is 18.0 Å². The molecule has 8 heteroatoms. The zero-order valence-corrected chi connectivity index (χ0v) is 17.5. The Labute approximate surface area is 187 Å². The molecule has 4 rings (SSSR count). The summed E-state index contributed by atoms with van der Waals surface area (Å²) in [5.74, 6) is -0.873. The van der Waals surface area contributed by atoms with E-state index in [-0.39, 0.29) is 12.3 Å². The quantitative estimate of drug-likeness (QED) is 0.369. The van der Waals surface area contributed by atoms with Gasteiger partial charge in [0.15, 0.2) is 0 Å². The van der Waals surface area contributed by atoms with Gasteiger partial charge in [-0.15, -0.1) is 0 Å². The predicted octanol–water partition coefficient (Wildman–Crippen LogP) is 6.07. The molecule has 164 valence electrons. The van der Waals surface area contributed by atoms with Gasteiger partial charge in [0.25, 0.3) is 0 Å². The van der Waals surface area contributed by atoms with Gasteiger partial charge >= 0.3 is 6.18 Å². The van der Waals surface area contributed by atoms with Crippen molar-refractivity contribution in [3.8, 4) is 0 Å². The summed E-state index contributed by atoms with van der Waals surface area (Å²) in [6, 6.07) is 13.9.